The predicted molar refractivity (Wildman–Crippen MR) is 64.5 cm³/mol. The van der Waals surface area contributed by atoms with E-state index in [-0.39, 0.29) is 17.6 Å². The Hall–Kier alpha value is -1.49. The smallest absolute Gasteiger partial charge is 0.254 e. The zero-order chi connectivity index (χ0) is 13.0. The van der Waals surface area contributed by atoms with Gasteiger partial charge < -0.3 is 10.4 Å². The first-order valence-corrected chi connectivity index (χ1v) is 6.24. The van der Waals surface area contributed by atoms with E-state index in [9.17, 15) is 14.3 Å². The van der Waals surface area contributed by atoms with Crippen LogP contribution in [0.2, 0.25) is 0 Å². The number of nitrogens with one attached hydrogen (secondary N) is 1. The average molecular weight is 252 g/mol. The average Bonchev–Trinajstić information content (AvgIpc) is 2.38. The first-order chi connectivity index (χ1) is 8.68. The minimum atomic E-state index is -0.626. The van der Waals surface area contributed by atoms with E-state index in [2.05, 4.69) is 10.3 Å². The van der Waals surface area contributed by atoms with Gasteiger partial charge in [0.05, 0.1) is 17.9 Å². The molecule has 0 radical (unpaired) electrons. The van der Waals surface area contributed by atoms with Crippen molar-refractivity contribution in [3.8, 4) is 0 Å². The highest BCUT2D eigenvalue weighted by Crippen LogP contribution is 2.23. The van der Waals surface area contributed by atoms with E-state index < -0.39 is 11.7 Å². The molecule has 1 aromatic rings. The molecule has 2 N–H and O–H groups in total. The van der Waals surface area contributed by atoms with E-state index in [1.807, 2.05) is 0 Å². The molecule has 2 rings (SSSR count). The van der Waals surface area contributed by atoms with Gasteiger partial charge in [0.1, 0.15) is 0 Å². The van der Waals surface area contributed by atoms with Crippen LogP contribution in [0.25, 0.3) is 0 Å². The molecule has 0 saturated heterocycles. The summed E-state index contributed by atoms with van der Waals surface area (Å²) >= 11 is 0. The maximum atomic E-state index is 13.3. The van der Waals surface area contributed by atoms with Crippen molar-refractivity contribution in [2.75, 3.05) is 6.54 Å². The van der Waals surface area contributed by atoms with E-state index in [0.717, 1.165) is 31.9 Å². The second-order valence-electron chi connectivity index (χ2n) is 4.68. The molecule has 4 nitrogen and oxygen atoms in total. The molecule has 2 atom stereocenters. The molecule has 1 heterocycles. The van der Waals surface area contributed by atoms with E-state index in [4.69, 9.17) is 0 Å². The molecule has 98 valence electrons. The Morgan fingerprint density at radius 2 is 2.28 bits per heavy atom. The van der Waals surface area contributed by atoms with E-state index >= 15 is 0 Å². The van der Waals surface area contributed by atoms with Gasteiger partial charge in [0, 0.05) is 18.7 Å². The Kier molecular flexibility index (Phi) is 4.25. The normalized spacial score (nSPS) is 23.7. The Bertz CT molecular complexity index is 425. The van der Waals surface area contributed by atoms with Crippen LogP contribution in [-0.4, -0.2) is 28.6 Å². The van der Waals surface area contributed by atoms with Gasteiger partial charge in [-0.2, -0.15) is 0 Å². The van der Waals surface area contributed by atoms with Crippen molar-refractivity contribution in [1.82, 2.24) is 10.3 Å². The van der Waals surface area contributed by atoms with E-state index in [0.29, 0.717) is 6.54 Å². The van der Waals surface area contributed by atoms with Crippen molar-refractivity contribution in [1.29, 1.82) is 0 Å². The minimum Gasteiger partial charge on any atom is -0.393 e. The fourth-order valence-electron chi connectivity index (χ4n) is 2.30. The Labute approximate surface area is 105 Å². The number of carbonyl (C=O) groups is 1. The molecule has 0 aromatic carbocycles. The van der Waals surface area contributed by atoms with Gasteiger partial charge >= 0.3 is 0 Å². The molecule has 1 fully saturated rings. The summed E-state index contributed by atoms with van der Waals surface area (Å²) in [5, 5.41) is 12.4. The summed E-state index contributed by atoms with van der Waals surface area (Å²) < 4.78 is 13.3. The number of aromatic nitrogens is 1. The van der Waals surface area contributed by atoms with Gasteiger partial charge in [0.15, 0.2) is 5.82 Å². The number of pyridine rings is 1. The largest absolute Gasteiger partial charge is 0.393 e. The van der Waals surface area contributed by atoms with Gasteiger partial charge in [-0.25, -0.2) is 4.39 Å². The maximum Gasteiger partial charge on any atom is 0.254 e. The van der Waals surface area contributed by atoms with Crippen molar-refractivity contribution < 1.29 is 14.3 Å². The molecule has 0 bridgehead atoms. The second-order valence-corrected chi connectivity index (χ2v) is 4.68. The molecular weight excluding hydrogens is 235 g/mol. The first-order valence-electron chi connectivity index (χ1n) is 6.24. The summed E-state index contributed by atoms with van der Waals surface area (Å²) in [6.07, 6.45) is 5.83. The lowest BCUT2D eigenvalue weighted by molar-refractivity contribution is 0.0662. The molecule has 0 spiro atoms. The van der Waals surface area contributed by atoms with Crippen molar-refractivity contribution in [2.45, 2.75) is 31.8 Å². The van der Waals surface area contributed by atoms with Gasteiger partial charge in [-0.3, -0.25) is 9.78 Å². The number of carbonyl (C=O) groups excluding carboxylic acids is 1. The van der Waals surface area contributed by atoms with Crippen LogP contribution < -0.4 is 5.32 Å². The van der Waals surface area contributed by atoms with Crippen LogP contribution in [0, 0.1) is 11.7 Å². The van der Waals surface area contributed by atoms with Crippen LogP contribution in [0.4, 0.5) is 4.39 Å². The van der Waals surface area contributed by atoms with Gasteiger partial charge in [-0.15, -0.1) is 0 Å². The lowest BCUT2D eigenvalue weighted by atomic mass is 9.86. The van der Waals surface area contributed by atoms with Gasteiger partial charge in [0.25, 0.3) is 5.91 Å². The van der Waals surface area contributed by atoms with Crippen molar-refractivity contribution in [3.63, 3.8) is 0 Å². The van der Waals surface area contributed by atoms with Crippen LogP contribution in [0.15, 0.2) is 18.5 Å². The number of aliphatic hydroxyl groups is 1. The Morgan fingerprint density at radius 3 is 3.00 bits per heavy atom. The molecule has 0 aliphatic heterocycles. The van der Waals surface area contributed by atoms with Crippen molar-refractivity contribution >= 4 is 5.91 Å². The molecule has 1 amide bonds. The van der Waals surface area contributed by atoms with Crippen molar-refractivity contribution in [2.24, 2.45) is 5.92 Å². The Morgan fingerprint density at radius 1 is 1.50 bits per heavy atom. The highest BCUT2D eigenvalue weighted by atomic mass is 19.1. The van der Waals surface area contributed by atoms with Crippen LogP contribution >= 0.6 is 0 Å². The molecule has 2 unspecified atom stereocenters. The molecule has 5 heteroatoms. The van der Waals surface area contributed by atoms with Crippen LogP contribution in [0.5, 0.6) is 0 Å². The lowest BCUT2D eigenvalue weighted by Crippen LogP contribution is -2.36. The number of nitrogens with zero attached hydrogens (tertiary/aromatic N) is 1. The van der Waals surface area contributed by atoms with Crippen molar-refractivity contribution in [3.05, 3.63) is 29.8 Å². The number of halogens is 1. The SMILES string of the molecule is O=C(NCC1CCCCC1O)c1ccncc1F. The molecule has 1 aliphatic carbocycles. The number of hydrogen-bond acceptors (Lipinski definition) is 3. The quantitative estimate of drug-likeness (QED) is 0.857. The summed E-state index contributed by atoms with van der Waals surface area (Å²) in [5.74, 6) is -1.00. The first kappa shape index (κ1) is 13.0. The summed E-state index contributed by atoms with van der Waals surface area (Å²) in [6, 6.07) is 1.35. The second kappa shape index (κ2) is 5.91. The van der Waals surface area contributed by atoms with Crippen LogP contribution in [-0.2, 0) is 0 Å². The van der Waals surface area contributed by atoms with Crippen LogP contribution in [0.3, 0.4) is 0 Å². The predicted octanol–water partition coefficient (Wildman–Crippen LogP) is 1.50. The third kappa shape index (κ3) is 3.04. The summed E-state index contributed by atoms with van der Waals surface area (Å²) in [4.78, 5) is 15.3. The third-order valence-corrected chi connectivity index (χ3v) is 3.41. The van der Waals surface area contributed by atoms with Crippen LogP contribution in [0.1, 0.15) is 36.0 Å². The lowest BCUT2D eigenvalue weighted by Gasteiger charge is -2.27. The summed E-state index contributed by atoms with van der Waals surface area (Å²) in [6.45, 7) is 0.391. The van der Waals surface area contributed by atoms with Gasteiger partial charge in [-0.05, 0) is 18.9 Å². The molecule has 1 aromatic heterocycles. The van der Waals surface area contributed by atoms with E-state index in [1.54, 1.807) is 0 Å². The maximum absolute atomic E-state index is 13.3. The molecule has 18 heavy (non-hydrogen) atoms. The number of amides is 1. The third-order valence-electron chi connectivity index (χ3n) is 3.41. The zero-order valence-corrected chi connectivity index (χ0v) is 10.1. The summed E-state index contributed by atoms with van der Waals surface area (Å²) in [5.41, 5.74) is -0.00435. The number of aliphatic hydroxyl groups excluding tert-OH is 1. The Balaban J connectivity index is 1.90. The number of hydrogen-bond donors (Lipinski definition) is 2. The molecule has 1 saturated carbocycles. The number of rotatable bonds is 3. The summed E-state index contributed by atoms with van der Waals surface area (Å²) in [7, 11) is 0. The monoisotopic (exact) mass is 252 g/mol. The zero-order valence-electron chi connectivity index (χ0n) is 10.1. The minimum absolute atomic E-state index is 0.00435. The van der Waals surface area contributed by atoms with Gasteiger partial charge in [-0.1, -0.05) is 12.8 Å². The van der Waals surface area contributed by atoms with Gasteiger partial charge in [0.2, 0.25) is 0 Å². The molecule has 1 aliphatic rings. The highest BCUT2D eigenvalue weighted by Gasteiger charge is 2.23. The fourth-order valence-corrected chi connectivity index (χ4v) is 2.30. The fraction of sp³-hybridized carbons (Fsp3) is 0.538. The molecular formula is C13H17FN2O2. The van der Waals surface area contributed by atoms with E-state index in [1.165, 1.54) is 12.3 Å². The topological polar surface area (TPSA) is 62.2 Å². The highest BCUT2D eigenvalue weighted by molar-refractivity contribution is 5.94. The standard InChI is InChI=1S/C13H17FN2O2/c14-11-8-15-6-5-10(11)13(18)16-7-9-3-1-2-4-12(9)17/h5-6,8-9,12,17H,1-4,7H2,(H,16,18).